The Bertz CT molecular complexity index is 965. The minimum atomic E-state index is -1.07. The Labute approximate surface area is 161 Å². The van der Waals surface area contributed by atoms with Crippen molar-refractivity contribution in [1.29, 1.82) is 0 Å². The number of aryl methyl sites for hydroxylation is 1. The van der Waals surface area contributed by atoms with Crippen molar-refractivity contribution in [3.8, 4) is 0 Å². The average Bonchev–Trinajstić information content (AvgIpc) is 3.02. The molecule has 1 aliphatic rings. The monoisotopic (exact) mass is 391 g/mol. The normalized spacial score (nSPS) is 13.8. The van der Waals surface area contributed by atoms with Gasteiger partial charge in [-0.3, -0.25) is 0 Å². The third-order valence-electron chi connectivity index (χ3n) is 4.42. The third kappa shape index (κ3) is 3.88. The molecule has 0 spiro atoms. The maximum absolute atomic E-state index is 11.0. The summed E-state index contributed by atoms with van der Waals surface area (Å²) in [5, 5.41) is 10.7. The third-order valence-corrected chi connectivity index (χ3v) is 5.14. The van der Waals surface area contributed by atoms with Crippen molar-refractivity contribution in [2.75, 3.05) is 13.6 Å². The van der Waals surface area contributed by atoms with Gasteiger partial charge in [-0.15, -0.1) is 0 Å². The number of furan rings is 1. The van der Waals surface area contributed by atoms with Gasteiger partial charge in [0.15, 0.2) is 0 Å². The van der Waals surface area contributed by atoms with Gasteiger partial charge in [0.2, 0.25) is 0 Å². The van der Waals surface area contributed by atoms with Crippen LogP contribution in [0, 0.1) is 6.92 Å². The van der Waals surface area contributed by atoms with E-state index in [0.717, 1.165) is 36.2 Å². The minimum absolute atomic E-state index is 0.0200. The average molecular weight is 392 g/mol. The summed E-state index contributed by atoms with van der Waals surface area (Å²) in [6.07, 6.45) is 2.48. The molecule has 6 heteroatoms. The van der Waals surface area contributed by atoms with Gasteiger partial charge in [-0.1, -0.05) is 35.3 Å². The first kappa shape index (κ1) is 18.8. The van der Waals surface area contributed by atoms with Gasteiger partial charge in [0.25, 0.3) is 0 Å². The van der Waals surface area contributed by atoms with E-state index in [1.807, 2.05) is 19.2 Å². The quantitative estimate of drug-likeness (QED) is 0.601. The van der Waals surface area contributed by atoms with Gasteiger partial charge < -0.3 is 14.4 Å². The number of fused-ring (bicyclic) bond motifs is 2. The minimum Gasteiger partial charge on any atom is -0.478 e. The SMILES string of the molecule is CN1CCc2c(cc(Cl)c(C(=O)O)c2Cl)C1.Cc1ccc2ccoc2c1. The molecule has 0 fully saturated rings. The van der Waals surface area contributed by atoms with Crippen LogP contribution < -0.4 is 0 Å². The fraction of sp³-hybridized carbons (Fsp3) is 0.250. The number of likely N-dealkylation sites (N-methyl/N-ethyl adjacent to an activating group) is 1. The molecule has 0 bridgehead atoms. The number of aromatic carboxylic acids is 1. The molecule has 0 unspecified atom stereocenters. The van der Waals surface area contributed by atoms with E-state index in [9.17, 15) is 4.79 Å². The lowest BCUT2D eigenvalue weighted by Crippen LogP contribution is -2.27. The Kier molecular flexibility index (Phi) is 5.56. The lowest BCUT2D eigenvalue weighted by molar-refractivity contribution is 0.0697. The number of rotatable bonds is 1. The van der Waals surface area contributed by atoms with Gasteiger partial charge >= 0.3 is 5.97 Å². The Balaban J connectivity index is 0.000000167. The van der Waals surface area contributed by atoms with Crippen molar-refractivity contribution in [2.24, 2.45) is 0 Å². The molecule has 0 amide bonds. The fourth-order valence-electron chi connectivity index (χ4n) is 3.05. The number of nitrogens with zero attached hydrogens (tertiary/aromatic N) is 1. The predicted octanol–water partition coefficient (Wildman–Crippen LogP) is 5.42. The van der Waals surface area contributed by atoms with Gasteiger partial charge in [-0.2, -0.15) is 0 Å². The highest BCUT2D eigenvalue weighted by atomic mass is 35.5. The van der Waals surface area contributed by atoms with Crippen LogP contribution >= 0.6 is 23.2 Å². The highest BCUT2D eigenvalue weighted by Crippen LogP contribution is 2.34. The molecule has 1 aromatic heterocycles. The molecule has 136 valence electrons. The molecule has 2 heterocycles. The number of carboxylic acid groups (broad SMARTS) is 1. The zero-order valence-corrected chi connectivity index (χ0v) is 16.1. The van der Waals surface area contributed by atoms with Crippen LogP contribution in [0.1, 0.15) is 27.0 Å². The van der Waals surface area contributed by atoms with Crippen LogP contribution in [0.15, 0.2) is 41.0 Å². The molecule has 2 aromatic carbocycles. The molecule has 0 atom stereocenters. The zero-order chi connectivity index (χ0) is 18.8. The molecule has 1 aliphatic heterocycles. The van der Waals surface area contributed by atoms with Crippen molar-refractivity contribution in [2.45, 2.75) is 19.9 Å². The van der Waals surface area contributed by atoms with Crippen molar-refractivity contribution in [1.82, 2.24) is 4.90 Å². The Morgan fingerprint density at radius 1 is 1.23 bits per heavy atom. The molecular formula is C20H19Cl2NO3. The second-order valence-corrected chi connectivity index (χ2v) is 7.23. The Morgan fingerprint density at radius 3 is 2.73 bits per heavy atom. The van der Waals surface area contributed by atoms with Gasteiger partial charge in [-0.25, -0.2) is 4.79 Å². The fourth-order valence-corrected chi connectivity index (χ4v) is 3.80. The van der Waals surface area contributed by atoms with E-state index >= 15 is 0 Å². The van der Waals surface area contributed by atoms with Crippen molar-refractivity contribution in [3.63, 3.8) is 0 Å². The van der Waals surface area contributed by atoms with Crippen molar-refractivity contribution < 1.29 is 14.3 Å². The highest BCUT2D eigenvalue weighted by Gasteiger charge is 2.23. The summed E-state index contributed by atoms with van der Waals surface area (Å²) in [6, 6.07) is 9.86. The van der Waals surface area contributed by atoms with Crippen LogP contribution in [-0.2, 0) is 13.0 Å². The summed E-state index contributed by atoms with van der Waals surface area (Å²) in [5.74, 6) is -1.07. The van der Waals surface area contributed by atoms with E-state index in [1.54, 1.807) is 12.3 Å². The Hall–Kier alpha value is -2.01. The molecular weight excluding hydrogens is 373 g/mol. The Morgan fingerprint density at radius 2 is 2.00 bits per heavy atom. The number of hydrogen-bond donors (Lipinski definition) is 1. The van der Waals surface area contributed by atoms with Gasteiger partial charge in [-0.05, 0) is 55.3 Å². The smallest absolute Gasteiger partial charge is 0.338 e. The molecule has 0 saturated carbocycles. The molecule has 0 radical (unpaired) electrons. The van der Waals surface area contributed by atoms with E-state index < -0.39 is 5.97 Å². The number of halogens is 2. The molecule has 4 nitrogen and oxygen atoms in total. The standard InChI is InChI=1S/C11H11Cl2NO2.C9H8O/c1-14-3-2-7-6(5-14)4-8(12)9(10(7)13)11(15)16;1-7-2-3-8-4-5-10-9(8)6-7/h4H,2-3,5H2,1H3,(H,15,16);2-6H,1H3. The number of carboxylic acids is 1. The topological polar surface area (TPSA) is 53.7 Å². The summed E-state index contributed by atoms with van der Waals surface area (Å²) < 4.78 is 5.20. The number of carbonyl (C=O) groups is 1. The van der Waals surface area contributed by atoms with Gasteiger partial charge in [0, 0.05) is 18.5 Å². The summed E-state index contributed by atoms with van der Waals surface area (Å²) in [7, 11) is 2.01. The summed E-state index contributed by atoms with van der Waals surface area (Å²) >= 11 is 12.0. The van der Waals surface area contributed by atoms with E-state index in [4.69, 9.17) is 32.7 Å². The van der Waals surface area contributed by atoms with Crippen LogP contribution in [0.4, 0.5) is 0 Å². The number of benzene rings is 2. The summed E-state index contributed by atoms with van der Waals surface area (Å²) in [4.78, 5) is 13.2. The van der Waals surface area contributed by atoms with E-state index in [0.29, 0.717) is 5.02 Å². The maximum Gasteiger partial charge on any atom is 0.338 e. The first-order chi connectivity index (χ1) is 12.4. The lowest BCUT2D eigenvalue weighted by atomic mass is 9.97. The van der Waals surface area contributed by atoms with Crippen molar-refractivity contribution in [3.05, 3.63) is 68.9 Å². The largest absolute Gasteiger partial charge is 0.478 e. The van der Waals surface area contributed by atoms with E-state index in [-0.39, 0.29) is 10.6 Å². The van der Waals surface area contributed by atoms with E-state index in [2.05, 4.69) is 24.0 Å². The van der Waals surface area contributed by atoms with Crippen molar-refractivity contribution >= 4 is 40.1 Å². The van der Waals surface area contributed by atoms with Gasteiger partial charge in [0.05, 0.1) is 21.9 Å². The molecule has 1 N–H and O–H groups in total. The highest BCUT2D eigenvalue weighted by molar-refractivity contribution is 6.39. The van der Waals surface area contributed by atoms with Crippen LogP contribution in [0.25, 0.3) is 11.0 Å². The zero-order valence-electron chi connectivity index (χ0n) is 14.6. The predicted molar refractivity (Wildman–Crippen MR) is 104 cm³/mol. The second-order valence-electron chi connectivity index (χ2n) is 6.44. The van der Waals surface area contributed by atoms with Gasteiger partial charge in [0.1, 0.15) is 5.58 Å². The molecule has 4 rings (SSSR count). The van der Waals surface area contributed by atoms with Crippen LogP contribution in [-0.4, -0.2) is 29.6 Å². The summed E-state index contributed by atoms with van der Waals surface area (Å²) in [6.45, 7) is 3.70. The first-order valence-corrected chi connectivity index (χ1v) is 8.98. The molecule has 26 heavy (non-hydrogen) atoms. The second kappa shape index (κ2) is 7.70. The molecule has 0 aliphatic carbocycles. The van der Waals surface area contributed by atoms with Crippen LogP contribution in [0.2, 0.25) is 10.0 Å². The summed E-state index contributed by atoms with van der Waals surface area (Å²) in [5.41, 5.74) is 4.17. The van der Waals surface area contributed by atoms with E-state index in [1.165, 1.54) is 10.9 Å². The number of hydrogen-bond acceptors (Lipinski definition) is 3. The van der Waals surface area contributed by atoms with Crippen LogP contribution in [0.3, 0.4) is 0 Å². The lowest BCUT2D eigenvalue weighted by Gasteiger charge is -2.26. The maximum atomic E-state index is 11.0. The first-order valence-electron chi connectivity index (χ1n) is 8.22. The molecule has 0 saturated heterocycles. The van der Waals surface area contributed by atoms with Crippen LogP contribution in [0.5, 0.6) is 0 Å². The molecule has 3 aromatic rings.